The van der Waals surface area contributed by atoms with Crippen molar-refractivity contribution >= 4 is 21.6 Å². The first-order valence-electron chi connectivity index (χ1n) is 9.10. The fourth-order valence-corrected chi connectivity index (χ4v) is 5.02. The minimum absolute atomic E-state index is 0.173. The second-order valence-electron chi connectivity index (χ2n) is 6.74. The average molecular weight is 386 g/mol. The topological polar surface area (TPSA) is 73.3 Å². The molecule has 1 aliphatic carbocycles. The minimum Gasteiger partial charge on any atom is -0.493 e. The third-order valence-electron chi connectivity index (χ3n) is 5.17. The van der Waals surface area contributed by atoms with Crippen molar-refractivity contribution in [3.63, 3.8) is 0 Å². The molecule has 0 fully saturated rings. The maximum absolute atomic E-state index is 13.0. The molecule has 3 aromatic rings. The second-order valence-corrected chi connectivity index (χ2v) is 7.85. The Labute approximate surface area is 160 Å². The number of methoxy groups -OCH3 is 2. The molecule has 1 aromatic carbocycles. The van der Waals surface area contributed by atoms with Crippen LogP contribution in [0.15, 0.2) is 27.8 Å². The Bertz CT molecular complexity index is 1110. The molecule has 0 radical (unpaired) electrons. The van der Waals surface area contributed by atoms with Crippen molar-refractivity contribution in [1.29, 1.82) is 0 Å². The summed E-state index contributed by atoms with van der Waals surface area (Å²) in [7, 11) is 3.18. The van der Waals surface area contributed by atoms with E-state index in [4.69, 9.17) is 9.47 Å². The summed E-state index contributed by atoms with van der Waals surface area (Å²) >= 11 is 1.56. The van der Waals surface area contributed by atoms with Crippen molar-refractivity contribution < 1.29 is 9.47 Å². The lowest BCUT2D eigenvalue weighted by Crippen LogP contribution is -2.35. The van der Waals surface area contributed by atoms with E-state index < -0.39 is 0 Å². The van der Waals surface area contributed by atoms with Gasteiger partial charge in [-0.05, 0) is 55.4 Å². The molecule has 4 rings (SSSR count). The molecule has 0 saturated carbocycles. The number of nitrogens with zero attached hydrogens (tertiary/aromatic N) is 1. The molecule has 27 heavy (non-hydrogen) atoms. The van der Waals surface area contributed by atoms with Gasteiger partial charge in [-0.2, -0.15) is 0 Å². The zero-order valence-corrected chi connectivity index (χ0v) is 16.3. The quantitative estimate of drug-likeness (QED) is 0.732. The predicted octanol–water partition coefficient (Wildman–Crippen LogP) is 2.89. The Kier molecular flexibility index (Phi) is 4.78. The van der Waals surface area contributed by atoms with E-state index in [1.807, 2.05) is 18.2 Å². The van der Waals surface area contributed by atoms with Crippen LogP contribution in [0, 0.1) is 0 Å². The number of hydrogen-bond donors (Lipinski definition) is 1. The molecule has 0 aliphatic heterocycles. The minimum atomic E-state index is -0.341. The number of aryl methyl sites for hydroxylation is 3. The van der Waals surface area contributed by atoms with Crippen molar-refractivity contribution in [3.05, 3.63) is 55.0 Å². The van der Waals surface area contributed by atoms with Crippen LogP contribution in [0.4, 0.5) is 0 Å². The summed E-state index contributed by atoms with van der Waals surface area (Å²) in [6.07, 6.45) is 4.73. The van der Waals surface area contributed by atoms with Crippen molar-refractivity contribution in [2.24, 2.45) is 0 Å². The fourth-order valence-electron chi connectivity index (χ4n) is 3.75. The largest absolute Gasteiger partial charge is 0.493 e. The third kappa shape index (κ3) is 3.16. The number of benzene rings is 1. The molecule has 0 saturated heterocycles. The van der Waals surface area contributed by atoms with E-state index in [0.717, 1.165) is 41.6 Å². The first-order chi connectivity index (χ1) is 13.1. The first kappa shape index (κ1) is 17.9. The molecule has 0 atom stereocenters. The number of thiophene rings is 1. The molecular formula is C20H22N2O4S. The summed E-state index contributed by atoms with van der Waals surface area (Å²) in [5.74, 6) is 1.29. The van der Waals surface area contributed by atoms with Gasteiger partial charge >= 0.3 is 5.69 Å². The highest BCUT2D eigenvalue weighted by atomic mass is 32.1. The number of H-pyrrole nitrogens is 1. The van der Waals surface area contributed by atoms with E-state index in [-0.39, 0.29) is 11.2 Å². The summed E-state index contributed by atoms with van der Waals surface area (Å²) in [4.78, 5) is 30.4. The monoisotopic (exact) mass is 386 g/mol. The number of ether oxygens (including phenoxy) is 2. The van der Waals surface area contributed by atoms with Gasteiger partial charge in [0.15, 0.2) is 11.5 Å². The van der Waals surface area contributed by atoms with E-state index in [9.17, 15) is 9.59 Å². The summed E-state index contributed by atoms with van der Waals surface area (Å²) < 4.78 is 11.9. The Morgan fingerprint density at radius 1 is 1.11 bits per heavy atom. The highest BCUT2D eigenvalue weighted by Crippen LogP contribution is 2.33. The number of aromatic amines is 1. The van der Waals surface area contributed by atoms with E-state index >= 15 is 0 Å². The van der Waals surface area contributed by atoms with Gasteiger partial charge in [0.1, 0.15) is 4.83 Å². The van der Waals surface area contributed by atoms with E-state index in [0.29, 0.717) is 29.9 Å². The van der Waals surface area contributed by atoms with Gasteiger partial charge < -0.3 is 9.47 Å². The third-order valence-corrected chi connectivity index (χ3v) is 6.38. The highest BCUT2D eigenvalue weighted by Gasteiger charge is 2.20. The molecule has 7 heteroatoms. The van der Waals surface area contributed by atoms with Gasteiger partial charge in [0, 0.05) is 11.4 Å². The normalized spacial score (nSPS) is 13.6. The van der Waals surface area contributed by atoms with Crippen LogP contribution < -0.4 is 20.7 Å². The molecule has 1 aliphatic rings. The van der Waals surface area contributed by atoms with Gasteiger partial charge in [-0.1, -0.05) is 6.07 Å². The fraction of sp³-hybridized carbons (Fsp3) is 0.400. The van der Waals surface area contributed by atoms with Crippen molar-refractivity contribution in [3.8, 4) is 11.5 Å². The Morgan fingerprint density at radius 3 is 2.67 bits per heavy atom. The average Bonchev–Trinajstić information content (AvgIpc) is 3.05. The standard InChI is InChI=1S/C20H22N2O4S/c1-25-14-8-7-12(11-15(14)26-2)9-10-22-19(23)17-13-5-3-4-6-16(13)27-18(17)21-20(22)24/h7-8,11H,3-6,9-10H2,1-2H3,(H,21,24). The summed E-state index contributed by atoms with van der Waals surface area (Å²) in [5, 5.41) is 0.710. The Balaban J connectivity index is 1.68. The smallest absolute Gasteiger partial charge is 0.329 e. The summed E-state index contributed by atoms with van der Waals surface area (Å²) in [6, 6.07) is 5.63. The molecule has 2 aromatic heterocycles. The van der Waals surface area contributed by atoms with Crippen LogP contribution in [0.5, 0.6) is 11.5 Å². The van der Waals surface area contributed by atoms with Crippen LogP contribution in [-0.4, -0.2) is 23.8 Å². The maximum Gasteiger partial charge on any atom is 0.329 e. The molecule has 2 heterocycles. The number of nitrogens with one attached hydrogen (secondary N) is 1. The molecule has 0 bridgehead atoms. The first-order valence-corrected chi connectivity index (χ1v) is 9.92. The molecule has 0 spiro atoms. The van der Waals surface area contributed by atoms with Gasteiger partial charge in [0.05, 0.1) is 19.6 Å². The Hall–Kier alpha value is -2.54. The molecule has 1 N–H and O–H groups in total. The molecule has 0 amide bonds. The van der Waals surface area contributed by atoms with Crippen LogP contribution in [-0.2, 0) is 25.8 Å². The number of aromatic nitrogens is 2. The lowest BCUT2D eigenvalue weighted by molar-refractivity contribution is 0.354. The van der Waals surface area contributed by atoms with Gasteiger partial charge in [-0.15, -0.1) is 11.3 Å². The number of fused-ring (bicyclic) bond motifs is 3. The van der Waals surface area contributed by atoms with Gasteiger partial charge in [0.25, 0.3) is 5.56 Å². The molecular weight excluding hydrogens is 364 g/mol. The zero-order chi connectivity index (χ0) is 19.0. The zero-order valence-electron chi connectivity index (χ0n) is 15.5. The van der Waals surface area contributed by atoms with Gasteiger partial charge in [-0.3, -0.25) is 14.3 Å². The van der Waals surface area contributed by atoms with Crippen molar-refractivity contribution in [2.75, 3.05) is 14.2 Å². The summed E-state index contributed by atoms with van der Waals surface area (Å²) in [5.41, 5.74) is 1.61. The number of hydrogen-bond acceptors (Lipinski definition) is 5. The van der Waals surface area contributed by atoms with E-state index in [1.165, 1.54) is 9.44 Å². The van der Waals surface area contributed by atoms with Gasteiger partial charge in [-0.25, -0.2) is 4.79 Å². The maximum atomic E-state index is 13.0. The molecule has 0 unspecified atom stereocenters. The van der Waals surface area contributed by atoms with Crippen LogP contribution >= 0.6 is 11.3 Å². The van der Waals surface area contributed by atoms with Crippen molar-refractivity contribution in [2.45, 2.75) is 38.6 Å². The lowest BCUT2D eigenvalue weighted by Gasteiger charge is -2.11. The molecule has 142 valence electrons. The summed E-state index contributed by atoms with van der Waals surface area (Å²) in [6.45, 7) is 0.324. The molecule has 6 nitrogen and oxygen atoms in total. The van der Waals surface area contributed by atoms with Crippen LogP contribution in [0.3, 0.4) is 0 Å². The highest BCUT2D eigenvalue weighted by molar-refractivity contribution is 7.18. The SMILES string of the molecule is COc1ccc(CCn2c(=O)[nH]c3sc4c(c3c2=O)CCCC4)cc1OC. The predicted molar refractivity (Wildman–Crippen MR) is 107 cm³/mol. The van der Waals surface area contributed by atoms with E-state index in [2.05, 4.69) is 4.98 Å². The van der Waals surface area contributed by atoms with Crippen LogP contribution in [0.25, 0.3) is 10.2 Å². The number of rotatable bonds is 5. The second kappa shape index (κ2) is 7.23. The lowest BCUT2D eigenvalue weighted by atomic mass is 9.97. The van der Waals surface area contributed by atoms with Crippen LogP contribution in [0.2, 0.25) is 0 Å². The van der Waals surface area contributed by atoms with Crippen LogP contribution in [0.1, 0.15) is 28.8 Å². The van der Waals surface area contributed by atoms with Crippen molar-refractivity contribution in [1.82, 2.24) is 9.55 Å². The van der Waals surface area contributed by atoms with Gasteiger partial charge in [0.2, 0.25) is 0 Å². The van der Waals surface area contributed by atoms with E-state index in [1.54, 1.807) is 25.6 Å². The Morgan fingerprint density at radius 2 is 1.89 bits per heavy atom.